The van der Waals surface area contributed by atoms with Crippen molar-refractivity contribution >= 4 is 27.8 Å². The van der Waals surface area contributed by atoms with Gasteiger partial charge in [-0.05, 0) is 24.3 Å². The predicted molar refractivity (Wildman–Crippen MR) is 81.0 cm³/mol. The molecule has 0 aliphatic heterocycles. The molecule has 4 heteroatoms. The van der Waals surface area contributed by atoms with Crippen LogP contribution >= 0.6 is 0 Å². The zero-order chi connectivity index (χ0) is 14.2. The van der Waals surface area contributed by atoms with Crippen LogP contribution < -0.4 is 0 Å². The van der Waals surface area contributed by atoms with Gasteiger partial charge in [0.2, 0.25) is 11.4 Å². The van der Waals surface area contributed by atoms with E-state index in [-0.39, 0.29) is 0 Å². The lowest BCUT2D eigenvalue weighted by atomic mass is 10.1. The highest BCUT2D eigenvalue weighted by Gasteiger charge is 2.13. The highest BCUT2D eigenvalue weighted by atomic mass is 16.3. The van der Waals surface area contributed by atoms with Gasteiger partial charge in [-0.25, -0.2) is 9.83 Å². The minimum absolute atomic E-state index is 0.508. The molecule has 21 heavy (non-hydrogen) atoms. The van der Waals surface area contributed by atoms with Crippen molar-refractivity contribution in [1.29, 1.82) is 0 Å². The summed E-state index contributed by atoms with van der Waals surface area (Å²) in [6.07, 6.45) is 3.28. The maximum Gasteiger partial charge on any atom is 0.224 e. The molecule has 0 saturated carbocycles. The minimum Gasteiger partial charge on any atom is -0.437 e. The zero-order valence-electron chi connectivity index (χ0n) is 10.9. The topological polar surface area (TPSA) is 43.3 Å². The molecule has 0 unspecified atom stereocenters. The van der Waals surface area contributed by atoms with Gasteiger partial charge in [-0.1, -0.05) is 18.2 Å². The number of nitrogens with zero attached hydrogens (tertiary/aromatic N) is 3. The highest BCUT2D eigenvalue weighted by Crippen LogP contribution is 2.35. The monoisotopic (exact) mass is 271 g/mol. The smallest absolute Gasteiger partial charge is 0.224 e. The van der Waals surface area contributed by atoms with Crippen LogP contribution in [-0.4, -0.2) is 9.97 Å². The largest absolute Gasteiger partial charge is 0.437 e. The summed E-state index contributed by atoms with van der Waals surface area (Å²) in [7, 11) is 0. The fourth-order valence-corrected chi connectivity index (χ4v) is 2.46. The van der Waals surface area contributed by atoms with E-state index in [4.69, 9.17) is 11.0 Å². The van der Waals surface area contributed by atoms with Gasteiger partial charge in [0.05, 0.1) is 12.3 Å². The van der Waals surface area contributed by atoms with E-state index in [1.54, 1.807) is 6.20 Å². The molecule has 3 aromatic heterocycles. The van der Waals surface area contributed by atoms with Crippen molar-refractivity contribution in [3.8, 4) is 11.3 Å². The standard InChI is InChI=1S/C17H9N3O/c1-18-11-9-14-12-5-4-6-13(15-7-2-3-8-19-15)16(12)21-17(14)20-10-11/h2-10H. The second kappa shape index (κ2) is 4.43. The third kappa shape index (κ3) is 1.76. The van der Waals surface area contributed by atoms with Gasteiger partial charge < -0.3 is 4.42 Å². The van der Waals surface area contributed by atoms with Crippen LogP contribution in [-0.2, 0) is 0 Å². The molecule has 0 spiro atoms. The van der Waals surface area contributed by atoms with Crippen molar-refractivity contribution in [2.45, 2.75) is 0 Å². The van der Waals surface area contributed by atoms with Crippen LogP contribution in [0.4, 0.5) is 5.69 Å². The first-order valence-corrected chi connectivity index (χ1v) is 6.47. The molecule has 98 valence electrons. The van der Waals surface area contributed by atoms with Crippen molar-refractivity contribution in [3.05, 3.63) is 66.3 Å². The van der Waals surface area contributed by atoms with Gasteiger partial charge in [0.25, 0.3) is 0 Å². The van der Waals surface area contributed by atoms with Crippen LogP contribution in [0.5, 0.6) is 0 Å². The number of pyridine rings is 2. The number of hydrogen-bond donors (Lipinski definition) is 0. The van der Waals surface area contributed by atoms with Crippen molar-refractivity contribution in [2.75, 3.05) is 0 Å². The molecule has 0 atom stereocenters. The van der Waals surface area contributed by atoms with E-state index < -0.39 is 0 Å². The summed E-state index contributed by atoms with van der Waals surface area (Å²) in [5.74, 6) is 0. The van der Waals surface area contributed by atoms with E-state index in [9.17, 15) is 0 Å². The Bertz CT molecular complexity index is 997. The zero-order valence-corrected chi connectivity index (χ0v) is 10.9. The summed E-state index contributed by atoms with van der Waals surface area (Å²) in [5, 5.41) is 1.81. The molecule has 3 heterocycles. The number of furan rings is 1. The number of hydrogen-bond acceptors (Lipinski definition) is 3. The predicted octanol–water partition coefficient (Wildman–Crippen LogP) is 4.59. The molecular formula is C17H9N3O. The van der Waals surface area contributed by atoms with Gasteiger partial charge in [-0.2, -0.15) is 0 Å². The molecule has 0 radical (unpaired) electrons. The lowest BCUT2D eigenvalue weighted by Crippen LogP contribution is -1.81. The summed E-state index contributed by atoms with van der Waals surface area (Å²) in [4.78, 5) is 12.0. The molecule has 1 aromatic carbocycles. The first-order valence-electron chi connectivity index (χ1n) is 6.47. The number of benzene rings is 1. The first-order chi connectivity index (χ1) is 10.4. The van der Waals surface area contributed by atoms with Gasteiger partial charge in [0.1, 0.15) is 5.58 Å². The average Bonchev–Trinajstić information content (AvgIpc) is 2.93. The van der Waals surface area contributed by atoms with Crippen LogP contribution in [0.2, 0.25) is 0 Å². The summed E-state index contributed by atoms with van der Waals surface area (Å²) in [5.41, 5.74) is 3.58. The Hall–Kier alpha value is -3.19. The van der Waals surface area contributed by atoms with E-state index in [0.29, 0.717) is 11.4 Å². The molecule has 0 N–H and O–H groups in total. The van der Waals surface area contributed by atoms with E-state index >= 15 is 0 Å². The van der Waals surface area contributed by atoms with Crippen molar-refractivity contribution in [2.24, 2.45) is 0 Å². The van der Waals surface area contributed by atoms with Gasteiger partial charge in [0.15, 0.2) is 0 Å². The minimum atomic E-state index is 0.508. The SMILES string of the molecule is [C-]#[N+]c1cnc2oc3c(-c4ccccn4)cccc3c2c1. The van der Waals surface area contributed by atoms with Crippen molar-refractivity contribution < 1.29 is 4.42 Å². The summed E-state index contributed by atoms with van der Waals surface area (Å²) < 4.78 is 5.88. The molecule has 4 nitrogen and oxygen atoms in total. The Kier molecular flexibility index (Phi) is 2.45. The number of fused-ring (bicyclic) bond motifs is 3. The fourth-order valence-electron chi connectivity index (χ4n) is 2.46. The molecule has 0 aliphatic rings. The lowest BCUT2D eigenvalue weighted by Gasteiger charge is -2.00. The van der Waals surface area contributed by atoms with E-state index in [2.05, 4.69) is 14.8 Å². The summed E-state index contributed by atoms with van der Waals surface area (Å²) >= 11 is 0. The van der Waals surface area contributed by atoms with Crippen LogP contribution in [0.1, 0.15) is 0 Å². The summed E-state index contributed by atoms with van der Waals surface area (Å²) in [6, 6.07) is 13.5. The Morgan fingerprint density at radius 1 is 1.00 bits per heavy atom. The van der Waals surface area contributed by atoms with Crippen LogP contribution in [0, 0.1) is 6.57 Å². The number of para-hydroxylation sites is 1. The van der Waals surface area contributed by atoms with E-state index in [1.807, 2.05) is 42.5 Å². The Labute approximate surface area is 120 Å². The van der Waals surface area contributed by atoms with Crippen LogP contribution in [0.25, 0.3) is 38.2 Å². The van der Waals surface area contributed by atoms with Gasteiger partial charge in [-0.15, -0.1) is 0 Å². The number of aromatic nitrogens is 2. The van der Waals surface area contributed by atoms with E-state index in [0.717, 1.165) is 27.6 Å². The highest BCUT2D eigenvalue weighted by molar-refractivity contribution is 6.08. The molecule has 4 aromatic rings. The van der Waals surface area contributed by atoms with Crippen molar-refractivity contribution in [3.63, 3.8) is 0 Å². The van der Waals surface area contributed by atoms with Gasteiger partial charge in [0, 0.05) is 28.7 Å². The normalized spacial score (nSPS) is 10.8. The maximum atomic E-state index is 7.10. The van der Waals surface area contributed by atoms with E-state index in [1.165, 1.54) is 6.20 Å². The Morgan fingerprint density at radius 2 is 1.95 bits per heavy atom. The lowest BCUT2D eigenvalue weighted by molar-refractivity contribution is 0.655. The molecule has 0 bridgehead atoms. The fraction of sp³-hybridized carbons (Fsp3) is 0. The average molecular weight is 271 g/mol. The quantitative estimate of drug-likeness (QED) is 0.475. The molecule has 0 amide bonds. The Morgan fingerprint density at radius 3 is 2.76 bits per heavy atom. The molecule has 0 fully saturated rings. The Balaban J connectivity index is 2.09. The maximum absolute atomic E-state index is 7.10. The third-order valence-electron chi connectivity index (χ3n) is 3.41. The molecule has 0 aliphatic carbocycles. The third-order valence-corrected chi connectivity index (χ3v) is 3.41. The second-order valence-electron chi connectivity index (χ2n) is 4.66. The molecule has 4 rings (SSSR count). The van der Waals surface area contributed by atoms with Crippen LogP contribution in [0.15, 0.2) is 59.3 Å². The van der Waals surface area contributed by atoms with Crippen LogP contribution in [0.3, 0.4) is 0 Å². The molecular weight excluding hydrogens is 262 g/mol. The first kappa shape index (κ1) is 11.6. The number of rotatable bonds is 1. The molecule has 0 saturated heterocycles. The van der Waals surface area contributed by atoms with Gasteiger partial charge >= 0.3 is 0 Å². The van der Waals surface area contributed by atoms with Crippen molar-refractivity contribution in [1.82, 2.24) is 9.97 Å². The summed E-state index contributed by atoms with van der Waals surface area (Å²) in [6.45, 7) is 7.10. The second-order valence-corrected chi connectivity index (χ2v) is 4.66. The van der Waals surface area contributed by atoms with Gasteiger partial charge in [-0.3, -0.25) is 4.98 Å².